The molecule has 0 aliphatic carbocycles. The second-order valence-electron chi connectivity index (χ2n) is 9.07. The molecule has 2 unspecified atom stereocenters. The Morgan fingerprint density at radius 1 is 1.39 bits per heavy atom. The second kappa shape index (κ2) is 7.08. The van der Waals surface area contributed by atoms with Crippen molar-refractivity contribution in [3.05, 3.63) is 46.4 Å². The third kappa shape index (κ3) is 3.03. The molecule has 2 aliphatic heterocycles. The zero-order valence-electron chi connectivity index (χ0n) is 17.7. The van der Waals surface area contributed by atoms with Crippen LogP contribution in [-0.2, 0) is 15.7 Å². The quantitative estimate of drug-likeness (QED) is 0.433. The van der Waals surface area contributed by atoms with Gasteiger partial charge in [-0.2, -0.15) is 5.10 Å². The summed E-state index contributed by atoms with van der Waals surface area (Å²) in [7, 11) is 0. The molecule has 0 radical (unpaired) electrons. The average molecular weight is 425 g/mol. The molecule has 2 aromatic heterocycles. The first-order valence-electron chi connectivity index (χ1n) is 10.6. The predicted octanol–water partition coefficient (Wildman–Crippen LogP) is 1.95. The van der Waals surface area contributed by atoms with Gasteiger partial charge >= 0.3 is 0 Å². The summed E-state index contributed by atoms with van der Waals surface area (Å²) in [6, 6.07) is 7.70. The minimum atomic E-state index is -0.656. The standard InChI is InChI=1S/C22H28N6O3/c1-21(2)14-5-4-13(10-15(14)26-20(21)30)25-18-17-16(6-8-24-19(17)29)28(27-18)22(11-23)7-3-9-31-12-22/h4-6,8,10,20,26,30H,3,7,9,11-12,23H2,1-2H3,(H,24,29)(H,25,27). The summed E-state index contributed by atoms with van der Waals surface area (Å²) in [4.78, 5) is 15.5. The normalized spacial score (nSPS) is 24.7. The highest BCUT2D eigenvalue weighted by atomic mass is 16.5. The Labute approximate surface area is 179 Å². The van der Waals surface area contributed by atoms with Crippen molar-refractivity contribution in [1.82, 2.24) is 14.8 Å². The van der Waals surface area contributed by atoms with Gasteiger partial charge in [-0.05, 0) is 36.6 Å². The van der Waals surface area contributed by atoms with Crippen LogP contribution in [0.2, 0.25) is 0 Å². The predicted molar refractivity (Wildman–Crippen MR) is 120 cm³/mol. The number of nitrogens with one attached hydrogen (secondary N) is 3. The van der Waals surface area contributed by atoms with Crippen LogP contribution < -0.4 is 21.9 Å². The van der Waals surface area contributed by atoms with Gasteiger partial charge in [0.05, 0.1) is 17.7 Å². The molecule has 5 rings (SSSR count). The number of nitrogens with two attached hydrogens (primary N) is 1. The van der Waals surface area contributed by atoms with Crippen LogP contribution in [0.4, 0.5) is 17.2 Å². The zero-order chi connectivity index (χ0) is 21.8. The summed E-state index contributed by atoms with van der Waals surface area (Å²) in [5.41, 5.74) is 8.49. The Hall–Kier alpha value is -2.88. The Morgan fingerprint density at radius 2 is 2.23 bits per heavy atom. The summed E-state index contributed by atoms with van der Waals surface area (Å²) in [5, 5.41) is 22.0. The molecule has 3 aromatic rings. The molecule has 31 heavy (non-hydrogen) atoms. The van der Waals surface area contributed by atoms with Crippen LogP contribution in [0.5, 0.6) is 0 Å². The summed E-state index contributed by atoms with van der Waals surface area (Å²) < 4.78 is 7.60. The first kappa shape index (κ1) is 20.0. The van der Waals surface area contributed by atoms with Crippen molar-refractivity contribution in [3.8, 4) is 0 Å². The number of benzene rings is 1. The molecule has 4 heterocycles. The average Bonchev–Trinajstić information content (AvgIpc) is 3.24. The number of hydrogen-bond donors (Lipinski definition) is 5. The van der Waals surface area contributed by atoms with Crippen molar-refractivity contribution in [2.75, 3.05) is 30.4 Å². The number of anilines is 3. The first-order chi connectivity index (χ1) is 14.9. The Morgan fingerprint density at radius 3 is 2.97 bits per heavy atom. The molecule has 0 saturated carbocycles. The largest absolute Gasteiger partial charge is 0.379 e. The van der Waals surface area contributed by atoms with Gasteiger partial charge in [0.1, 0.15) is 11.6 Å². The number of aliphatic hydroxyl groups excluding tert-OH is 1. The highest BCUT2D eigenvalue weighted by Gasteiger charge is 2.39. The van der Waals surface area contributed by atoms with Gasteiger partial charge in [0, 0.05) is 36.1 Å². The van der Waals surface area contributed by atoms with Crippen molar-refractivity contribution in [2.24, 2.45) is 5.73 Å². The third-order valence-corrected chi connectivity index (χ3v) is 6.69. The lowest BCUT2D eigenvalue weighted by atomic mass is 9.85. The van der Waals surface area contributed by atoms with Gasteiger partial charge in [0.25, 0.3) is 5.56 Å². The maximum atomic E-state index is 12.7. The number of hydrogen-bond acceptors (Lipinski definition) is 7. The van der Waals surface area contributed by atoms with Crippen molar-refractivity contribution in [1.29, 1.82) is 0 Å². The smallest absolute Gasteiger partial charge is 0.261 e. The fourth-order valence-corrected chi connectivity index (χ4v) is 4.69. The molecule has 9 nitrogen and oxygen atoms in total. The van der Waals surface area contributed by atoms with Crippen LogP contribution in [0, 0.1) is 0 Å². The van der Waals surface area contributed by atoms with E-state index in [-0.39, 0.29) is 11.0 Å². The fraction of sp³-hybridized carbons (Fsp3) is 0.455. The highest BCUT2D eigenvalue weighted by Crippen LogP contribution is 2.41. The number of aliphatic hydroxyl groups is 1. The molecular formula is C22H28N6O3. The molecule has 0 amide bonds. The van der Waals surface area contributed by atoms with E-state index < -0.39 is 11.8 Å². The van der Waals surface area contributed by atoms with Crippen molar-refractivity contribution in [3.63, 3.8) is 0 Å². The highest BCUT2D eigenvalue weighted by molar-refractivity contribution is 5.91. The number of fused-ring (bicyclic) bond motifs is 2. The van der Waals surface area contributed by atoms with E-state index >= 15 is 0 Å². The van der Waals surface area contributed by atoms with Crippen LogP contribution in [0.3, 0.4) is 0 Å². The number of rotatable bonds is 4. The van der Waals surface area contributed by atoms with Gasteiger partial charge in [0.15, 0.2) is 5.82 Å². The van der Waals surface area contributed by atoms with Crippen LogP contribution in [-0.4, -0.2) is 45.9 Å². The van der Waals surface area contributed by atoms with Gasteiger partial charge in [-0.15, -0.1) is 0 Å². The van der Waals surface area contributed by atoms with E-state index in [1.807, 2.05) is 42.8 Å². The van der Waals surface area contributed by atoms with E-state index in [9.17, 15) is 9.90 Å². The molecule has 0 bridgehead atoms. The SMILES string of the molecule is CC1(C)c2ccc(Nc3nn(C4(CN)CCCOC4)c4cc[nH]c(=O)c34)cc2NC1O. The van der Waals surface area contributed by atoms with E-state index in [1.165, 1.54) is 0 Å². The molecule has 2 aliphatic rings. The van der Waals surface area contributed by atoms with Gasteiger partial charge in [-0.1, -0.05) is 19.9 Å². The van der Waals surface area contributed by atoms with E-state index in [0.29, 0.717) is 31.0 Å². The number of ether oxygens (including phenoxy) is 1. The molecule has 1 saturated heterocycles. The number of pyridine rings is 1. The first-order valence-corrected chi connectivity index (χ1v) is 10.6. The van der Waals surface area contributed by atoms with Gasteiger partial charge in [0.2, 0.25) is 0 Å². The fourth-order valence-electron chi connectivity index (χ4n) is 4.69. The molecule has 6 N–H and O–H groups in total. The lowest BCUT2D eigenvalue weighted by Crippen LogP contribution is -2.48. The van der Waals surface area contributed by atoms with E-state index in [1.54, 1.807) is 6.20 Å². The molecule has 9 heteroatoms. The molecular weight excluding hydrogens is 396 g/mol. The zero-order valence-corrected chi connectivity index (χ0v) is 17.7. The number of nitrogens with zero attached hydrogens (tertiary/aromatic N) is 2. The van der Waals surface area contributed by atoms with Crippen LogP contribution in [0.1, 0.15) is 32.3 Å². The molecule has 164 valence electrons. The van der Waals surface area contributed by atoms with Crippen LogP contribution >= 0.6 is 0 Å². The topological polar surface area (TPSA) is 130 Å². The van der Waals surface area contributed by atoms with Crippen molar-refractivity contribution in [2.45, 2.75) is 43.9 Å². The molecule has 1 fully saturated rings. The van der Waals surface area contributed by atoms with Gasteiger partial charge in [-0.3, -0.25) is 9.48 Å². The van der Waals surface area contributed by atoms with Gasteiger partial charge < -0.3 is 31.2 Å². The number of aromatic amines is 1. The van der Waals surface area contributed by atoms with Crippen molar-refractivity contribution >= 4 is 28.1 Å². The third-order valence-electron chi connectivity index (χ3n) is 6.69. The molecule has 1 aromatic carbocycles. The maximum Gasteiger partial charge on any atom is 0.261 e. The second-order valence-corrected chi connectivity index (χ2v) is 9.07. The summed E-state index contributed by atoms with van der Waals surface area (Å²) >= 11 is 0. The summed E-state index contributed by atoms with van der Waals surface area (Å²) in [6.07, 6.45) is 2.70. The van der Waals surface area contributed by atoms with Crippen LogP contribution in [0.25, 0.3) is 10.9 Å². The summed E-state index contributed by atoms with van der Waals surface area (Å²) in [5.74, 6) is 0.466. The maximum absolute atomic E-state index is 12.7. The van der Waals surface area contributed by atoms with E-state index in [4.69, 9.17) is 15.6 Å². The molecule has 0 spiro atoms. The minimum absolute atomic E-state index is 0.217. The van der Waals surface area contributed by atoms with E-state index in [2.05, 4.69) is 15.6 Å². The van der Waals surface area contributed by atoms with Crippen LogP contribution in [0.15, 0.2) is 35.3 Å². The lowest BCUT2D eigenvalue weighted by molar-refractivity contribution is 0.000705. The van der Waals surface area contributed by atoms with Gasteiger partial charge in [-0.25, -0.2) is 0 Å². The minimum Gasteiger partial charge on any atom is -0.379 e. The summed E-state index contributed by atoms with van der Waals surface area (Å²) in [6.45, 7) is 5.53. The number of aromatic nitrogens is 3. The monoisotopic (exact) mass is 424 g/mol. The number of H-pyrrole nitrogens is 1. The lowest BCUT2D eigenvalue weighted by Gasteiger charge is -2.36. The van der Waals surface area contributed by atoms with E-state index in [0.717, 1.165) is 35.3 Å². The Kier molecular flexibility index (Phi) is 4.58. The van der Waals surface area contributed by atoms with Crippen molar-refractivity contribution < 1.29 is 9.84 Å². The Bertz CT molecular complexity index is 1190. The Balaban J connectivity index is 1.59. The molecule has 2 atom stereocenters.